The predicted molar refractivity (Wildman–Crippen MR) is 122 cm³/mol. The molecule has 0 radical (unpaired) electrons. The summed E-state index contributed by atoms with van der Waals surface area (Å²) in [4.78, 5) is 34.0. The molecule has 2 amide bonds. The third-order valence-corrected chi connectivity index (χ3v) is 6.80. The third-order valence-electron chi connectivity index (χ3n) is 6.80. The number of hydrogen-bond donors (Lipinski definition) is 1. The largest absolute Gasteiger partial charge is 0.358 e. The predicted octanol–water partition coefficient (Wildman–Crippen LogP) is 4.53. The molecule has 3 aromatic rings. The molecule has 3 atom stereocenters. The molecule has 160 valence electrons. The molecule has 0 saturated carbocycles. The molecule has 31 heavy (non-hydrogen) atoms. The van der Waals surface area contributed by atoms with Crippen LogP contribution < -0.4 is 0 Å². The van der Waals surface area contributed by atoms with Crippen LogP contribution in [0.3, 0.4) is 0 Å². The molecule has 1 aromatic heterocycles. The van der Waals surface area contributed by atoms with Crippen LogP contribution in [0, 0.1) is 18.8 Å². The van der Waals surface area contributed by atoms with Crippen LogP contribution in [0.2, 0.25) is 0 Å². The van der Waals surface area contributed by atoms with Gasteiger partial charge in [-0.2, -0.15) is 0 Å². The average Bonchev–Trinajstić information content (AvgIpc) is 3.21. The molecule has 0 spiro atoms. The first-order valence-electron chi connectivity index (χ1n) is 11.2. The molecule has 0 aliphatic carbocycles. The van der Waals surface area contributed by atoms with Crippen molar-refractivity contribution in [1.29, 1.82) is 0 Å². The second-order valence-electron chi connectivity index (χ2n) is 9.38. The average molecular weight is 416 g/mol. The SMILES string of the molecule is Cc1[nH]c2ccccc2c1C1c2ccccc2C(=O)N1CC(=O)N1CC(C)CC(C)C1. The Hall–Kier alpha value is -3.08. The van der Waals surface area contributed by atoms with Crippen LogP contribution in [0.25, 0.3) is 10.9 Å². The van der Waals surface area contributed by atoms with Gasteiger partial charge >= 0.3 is 0 Å². The maximum Gasteiger partial charge on any atom is 0.255 e. The first kappa shape index (κ1) is 19.9. The van der Waals surface area contributed by atoms with Gasteiger partial charge in [0.25, 0.3) is 5.91 Å². The summed E-state index contributed by atoms with van der Waals surface area (Å²) in [6.07, 6.45) is 1.15. The molecule has 0 bridgehead atoms. The van der Waals surface area contributed by atoms with Crippen LogP contribution in [0.5, 0.6) is 0 Å². The fourth-order valence-electron chi connectivity index (χ4n) is 5.61. The van der Waals surface area contributed by atoms with Crippen LogP contribution in [0.1, 0.15) is 53.5 Å². The number of H-pyrrole nitrogens is 1. The molecule has 2 aliphatic heterocycles. The second kappa shape index (κ2) is 7.56. The van der Waals surface area contributed by atoms with Gasteiger partial charge in [-0.3, -0.25) is 9.59 Å². The number of carbonyl (C=O) groups excluding carboxylic acids is 2. The van der Waals surface area contributed by atoms with Gasteiger partial charge in [-0.25, -0.2) is 0 Å². The van der Waals surface area contributed by atoms with Gasteiger partial charge in [-0.05, 0) is 42.9 Å². The van der Waals surface area contributed by atoms with E-state index in [1.165, 1.54) is 0 Å². The number of aromatic amines is 1. The fourth-order valence-corrected chi connectivity index (χ4v) is 5.61. The minimum atomic E-state index is -0.261. The normalized spacial score (nSPS) is 23.5. The van der Waals surface area contributed by atoms with E-state index in [0.717, 1.165) is 47.2 Å². The number of benzene rings is 2. The number of para-hydroxylation sites is 1. The van der Waals surface area contributed by atoms with Crippen molar-refractivity contribution in [3.8, 4) is 0 Å². The van der Waals surface area contributed by atoms with Crippen LogP contribution in [0.4, 0.5) is 0 Å². The zero-order valence-electron chi connectivity index (χ0n) is 18.4. The number of hydrogen-bond acceptors (Lipinski definition) is 2. The van der Waals surface area contributed by atoms with Gasteiger partial charge in [0, 0.05) is 40.8 Å². The summed E-state index contributed by atoms with van der Waals surface area (Å²) in [6, 6.07) is 15.7. The highest BCUT2D eigenvalue weighted by Crippen LogP contribution is 2.42. The fraction of sp³-hybridized carbons (Fsp3) is 0.385. The Labute approximate surface area is 183 Å². The topological polar surface area (TPSA) is 56.4 Å². The number of carbonyl (C=O) groups is 2. The smallest absolute Gasteiger partial charge is 0.255 e. The molecule has 3 heterocycles. The maximum absolute atomic E-state index is 13.4. The number of aromatic nitrogens is 1. The van der Waals surface area contributed by atoms with E-state index in [-0.39, 0.29) is 24.4 Å². The number of nitrogens with one attached hydrogen (secondary N) is 1. The lowest BCUT2D eigenvalue weighted by Gasteiger charge is -2.36. The molecule has 1 saturated heterocycles. The molecule has 2 aliphatic rings. The lowest BCUT2D eigenvalue weighted by molar-refractivity contribution is -0.134. The van der Waals surface area contributed by atoms with Crippen LogP contribution >= 0.6 is 0 Å². The van der Waals surface area contributed by atoms with E-state index in [2.05, 4.69) is 37.9 Å². The molecular weight excluding hydrogens is 386 g/mol. The lowest BCUT2D eigenvalue weighted by Crippen LogP contribution is -2.47. The molecule has 5 rings (SSSR count). The Morgan fingerprint density at radius 3 is 2.48 bits per heavy atom. The van der Waals surface area contributed by atoms with Crippen molar-refractivity contribution in [2.75, 3.05) is 19.6 Å². The molecule has 5 nitrogen and oxygen atoms in total. The van der Waals surface area contributed by atoms with Gasteiger partial charge in [-0.15, -0.1) is 0 Å². The summed E-state index contributed by atoms with van der Waals surface area (Å²) in [5.74, 6) is 0.968. The van der Waals surface area contributed by atoms with E-state index >= 15 is 0 Å². The van der Waals surface area contributed by atoms with Crippen LogP contribution in [0.15, 0.2) is 48.5 Å². The first-order chi connectivity index (χ1) is 14.9. The molecule has 1 N–H and O–H groups in total. The Bertz CT molecular complexity index is 1150. The van der Waals surface area contributed by atoms with Crippen molar-refractivity contribution >= 4 is 22.7 Å². The van der Waals surface area contributed by atoms with Gasteiger partial charge in [0.1, 0.15) is 6.54 Å². The number of aryl methyl sites for hydroxylation is 1. The Kier molecular flexibility index (Phi) is 4.84. The highest BCUT2D eigenvalue weighted by Gasteiger charge is 2.41. The number of piperidine rings is 1. The monoisotopic (exact) mass is 415 g/mol. The summed E-state index contributed by atoms with van der Waals surface area (Å²) in [5.41, 5.74) is 4.85. The van der Waals surface area contributed by atoms with Crippen molar-refractivity contribution in [2.45, 2.75) is 33.2 Å². The standard InChI is InChI=1S/C26H29N3O2/c1-16-12-17(2)14-28(13-16)23(30)15-29-25(19-8-4-5-9-20(19)26(29)31)24-18(3)27-22-11-7-6-10-21(22)24/h4-11,16-17,25,27H,12-15H2,1-3H3. The first-order valence-corrected chi connectivity index (χ1v) is 11.2. The highest BCUT2D eigenvalue weighted by molar-refractivity contribution is 6.02. The zero-order chi connectivity index (χ0) is 21.7. The summed E-state index contributed by atoms with van der Waals surface area (Å²) in [7, 11) is 0. The van der Waals surface area contributed by atoms with E-state index in [1.807, 2.05) is 41.3 Å². The Balaban J connectivity index is 1.55. The number of fused-ring (bicyclic) bond motifs is 2. The van der Waals surface area contributed by atoms with Gasteiger partial charge in [0.15, 0.2) is 0 Å². The van der Waals surface area contributed by atoms with E-state index < -0.39 is 0 Å². The maximum atomic E-state index is 13.4. The van der Waals surface area contributed by atoms with Gasteiger partial charge in [0.05, 0.1) is 6.04 Å². The van der Waals surface area contributed by atoms with Crippen LogP contribution in [-0.4, -0.2) is 46.2 Å². The van der Waals surface area contributed by atoms with Crippen molar-refractivity contribution in [2.24, 2.45) is 11.8 Å². The van der Waals surface area contributed by atoms with Gasteiger partial charge in [-0.1, -0.05) is 50.2 Å². The molecular formula is C26H29N3O2. The minimum absolute atomic E-state index is 0.0436. The summed E-state index contributed by atoms with van der Waals surface area (Å²) in [5, 5.41) is 1.10. The zero-order valence-corrected chi connectivity index (χ0v) is 18.4. The second-order valence-corrected chi connectivity index (χ2v) is 9.38. The third kappa shape index (κ3) is 3.32. The lowest BCUT2D eigenvalue weighted by atomic mass is 9.92. The van der Waals surface area contributed by atoms with Crippen molar-refractivity contribution in [3.63, 3.8) is 0 Å². The quantitative estimate of drug-likeness (QED) is 0.683. The molecule has 1 fully saturated rings. The minimum Gasteiger partial charge on any atom is -0.358 e. The van der Waals surface area contributed by atoms with Crippen molar-refractivity contribution < 1.29 is 9.59 Å². The number of rotatable bonds is 3. The van der Waals surface area contributed by atoms with E-state index in [4.69, 9.17) is 0 Å². The molecule has 2 aromatic carbocycles. The van der Waals surface area contributed by atoms with E-state index in [1.54, 1.807) is 4.90 Å². The summed E-state index contributed by atoms with van der Waals surface area (Å²) >= 11 is 0. The van der Waals surface area contributed by atoms with Gasteiger partial charge < -0.3 is 14.8 Å². The van der Waals surface area contributed by atoms with E-state index in [9.17, 15) is 9.59 Å². The Morgan fingerprint density at radius 2 is 1.71 bits per heavy atom. The van der Waals surface area contributed by atoms with Gasteiger partial charge in [0.2, 0.25) is 5.91 Å². The number of amides is 2. The number of likely N-dealkylation sites (tertiary alicyclic amines) is 1. The molecule has 5 heteroatoms. The highest BCUT2D eigenvalue weighted by atomic mass is 16.2. The van der Waals surface area contributed by atoms with Crippen molar-refractivity contribution in [3.05, 3.63) is 70.9 Å². The summed E-state index contributed by atoms with van der Waals surface area (Å²) < 4.78 is 0. The molecule has 3 unspecified atom stereocenters. The van der Waals surface area contributed by atoms with E-state index in [0.29, 0.717) is 17.4 Å². The van der Waals surface area contributed by atoms with Crippen molar-refractivity contribution in [1.82, 2.24) is 14.8 Å². The number of nitrogens with zero attached hydrogens (tertiary/aromatic N) is 2. The Morgan fingerprint density at radius 1 is 1.03 bits per heavy atom. The van der Waals surface area contributed by atoms with Crippen LogP contribution in [-0.2, 0) is 4.79 Å². The summed E-state index contributed by atoms with van der Waals surface area (Å²) in [6.45, 7) is 8.10.